The number of hydrogen-bond donors (Lipinski definition) is 0. The van der Waals surface area contributed by atoms with Crippen LogP contribution >= 0.6 is 0 Å². The summed E-state index contributed by atoms with van der Waals surface area (Å²) < 4.78 is 0. The molecule has 2 radical (unpaired) electrons. The molecule has 23 heavy (non-hydrogen) atoms. The Kier molecular flexibility index (Phi) is 4.13. The van der Waals surface area contributed by atoms with Crippen molar-refractivity contribution in [3.8, 4) is 22.3 Å². The first kappa shape index (κ1) is 15.6. The molecule has 0 N–H and O–H groups in total. The Balaban J connectivity index is 1.86. The van der Waals surface area contributed by atoms with Gasteiger partial charge in [0, 0.05) is 0 Å². The molecule has 0 heterocycles. The standard InChI is InChI=1S/C22H21B/c1-22(2,3)20-12-8-18(9-13-20)16-4-6-17(7-5-16)19-10-14-21(23)15-11-19/h4-15H,1-3H3. The quantitative estimate of drug-likeness (QED) is 0.576. The zero-order valence-corrected chi connectivity index (χ0v) is 14.0. The van der Waals surface area contributed by atoms with Crippen molar-refractivity contribution in [1.82, 2.24) is 0 Å². The number of benzene rings is 3. The van der Waals surface area contributed by atoms with E-state index >= 15 is 0 Å². The van der Waals surface area contributed by atoms with Gasteiger partial charge in [0.25, 0.3) is 0 Å². The first-order valence-electron chi connectivity index (χ1n) is 8.00. The lowest BCUT2D eigenvalue weighted by molar-refractivity contribution is 0.590. The van der Waals surface area contributed by atoms with E-state index in [0.29, 0.717) is 0 Å². The van der Waals surface area contributed by atoms with Gasteiger partial charge in [-0.25, -0.2) is 0 Å². The van der Waals surface area contributed by atoms with E-state index in [1.165, 1.54) is 27.8 Å². The molecular weight excluding hydrogens is 275 g/mol. The zero-order chi connectivity index (χ0) is 16.4. The molecule has 1 heteroatoms. The predicted molar refractivity (Wildman–Crippen MR) is 101 cm³/mol. The third kappa shape index (κ3) is 3.56. The first-order valence-corrected chi connectivity index (χ1v) is 8.00. The van der Waals surface area contributed by atoms with Crippen LogP contribution in [0.1, 0.15) is 26.3 Å². The maximum Gasteiger partial charge on any atom is 0.113 e. The van der Waals surface area contributed by atoms with Crippen LogP contribution in [-0.2, 0) is 5.41 Å². The Hall–Kier alpha value is -2.28. The fourth-order valence-corrected chi connectivity index (χ4v) is 2.69. The summed E-state index contributed by atoms with van der Waals surface area (Å²) in [4.78, 5) is 0. The predicted octanol–water partition coefficient (Wildman–Crippen LogP) is 5.11. The van der Waals surface area contributed by atoms with E-state index in [2.05, 4.69) is 81.4 Å². The van der Waals surface area contributed by atoms with Crippen molar-refractivity contribution in [1.29, 1.82) is 0 Å². The summed E-state index contributed by atoms with van der Waals surface area (Å²) in [6.45, 7) is 6.72. The monoisotopic (exact) mass is 296 g/mol. The summed E-state index contributed by atoms with van der Waals surface area (Å²) in [5, 5.41) is 0. The molecule has 0 aromatic heterocycles. The third-order valence-corrected chi connectivity index (χ3v) is 4.21. The second kappa shape index (κ2) is 6.08. The van der Waals surface area contributed by atoms with Gasteiger partial charge >= 0.3 is 0 Å². The van der Waals surface area contributed by atoms with Crippen LogP contribution in [0.4, 0.5) is 0 Å². The molecule has 0 saturated heterocycles. The van der Waals surface area contributed by atoms with E-state index in [-0.39, 0.29) is 5.41 Å². The van der Waals surface area contributed by atoms with Crippen molar-refractivity contribution in [3.63, 3.8) is 0 Å². The van der Waals surface area contributed by atoms with Crippen molar-refractivity contribution in [2.24, 2.45) is 0 Å². The molecule has 0 aliphatic rings. The van der Waals surface area contributed by atoms with Crippen molar-refractivity contribution in [2.45, 2.75) is 26.2 Å². The van der Waals surface area contributed by atoms with Crippen molar-refractivity contribution in [3.05, 3.63) is 78.4 Å². The largest absolute Gasteiger partial charge is 0.113 e. The summed E-state index contributed by atoms with van der Waals surface area (Å²) in [6, 6.07) is 25.5. The van der Waals surface area contributed by atoms with Gasteiger partial charge in [0.15, 0.2) is 0 Å². The van der Waals surface area contributed by atoms with Gasteiger partial charge in [-0.05, 0) is 33.2 Å². The molecular formula is C22H21B. The molecule has 112 valence electrons. The van der Waals surface area contributed by atoms with Crippen LogP contribution in [0.15, 0.2) is 72.8 Å². The Morgan fingerprint density at radius 2 is 0.826 bits per heavy atom. The van der Waals surface area contributed by atoms with Gasteiger partial charge in [0.1, 0.15) is 7.85 Å². The van der Waals surface area contributed by atoms with E-state index in [9.17, 15) is 0 Å². The molecule has 3 aromatic carbocycles. The minimum atomic E-state index is 0.192. The van der Waals surface area contributed by atoms with Gasteiger partial charge in [-0.2, -0.15) is 0 Å². The summed E-state index contributed by atoms with van der Waals surface area (Å²) in [5.74, 6) is 0. The SMILES string of the molecule is [B]c1ccc(-c2ccc(-c3ccc(C(C)(C)C)cc3)cc2)cc1. The highest BCUT2D eigenvalue weighted by Crippen LogP contribution is 2.27. The summed E-state index contributed by atoms with van der Waals surface area (Å²) in [5.41, 5.74) is 7.24. The maximum absolute atomic E-state index is 5.75. The molecule has 0 nitrogen and oxygen atoms in total. The van der Waals surface area contributed by atoms with Crippen LogP contribution in [0, 0.1) is 0 Å². The summed E-state index contributed by atoms with van der Waals surface area (Å²) in [6.07, 6.45) is 0. The Labute approximate surface area is 140 Å². The van der Waals surface area contributed by atoms with Crippen molar-refractivity contribution >= 4 is 13.3 Å². The maximum atomic E-state index is 5.75. The fraction of sp³-hybridized carbons (Fsp3) is 0.182. The molecule has 0 aliphatic carbocycles. The van der Waals surface area contributed by atoms with Gasteiger partial charge < -0.3 is 0 Å². The Morgan fingerprint density at radius 1 is 0.522 bits per heavy atom. The highest BCUT2D eigenvalue weighted by atomic mass is 14.2. The summed E-state index contributed by atoms with van der Waals surface area (Å²) in [7, 11) is 5.75. The smallest absolute Gasteiger partial charge is 0.0966 e. The van der Waals surface area contributed by atoms with E-state index in [1.807, 2.05) is 12.1 Å². The minimum absolute atomic E-state index is 0.192. The molecule has 0 aliphatic heterocycles. The Morgan fingerprint density at radius 3 is 1.17 bits per heavy atom. The lowest BCUT2D eigenvalue weighted by Gasteiger charge is -2.19. The van der Waals surface area contributed by atoms with Gasteiger partial charge in [0.2, 0.25) is 0 Å². The second-order valence-electron chi connectivity index (χ2n) is 7.03. The summed E-state index contributed by atoms with van der Waals surface area (Å²) >= 11 is 0. The van der Waals surface area contributed by atoms with Crippen LogP contribution in [0.2, 0.25) is 0 Å². The third-order valence-electron chi connectivity index (χ3n) is 4.21. The molecule has 0 spiro atoms. The highest BCUT2D eigenvalue weighted by Gasteiger charge is 2.13. The van der Waals surface area contributed by atoms with Gasteiger partial charge in [-0.15, -0.1) is 0 Å². The van der Waals surface area contributed by atoms with E-state index in [4.69, 9.17) is 7.85 Å². The minimum Gasteiger partial charge on any atom is -0.0966 e. The second-order valence-corrected chi connectivity index (χ2v) is 7.03. The molecule has 3 aromatic rings. The molecule has 3 rings (SSSR count). The Bertz CT molecular complexity index is 773. The van der Waals surface area contributed by atoms with Crippen LogP contribution < -0.4 is 5.46 Å². The molecule has 0 amide bonds. The fourth-order valence-electron chi connectivity index (χ4n) is 2.69. The van der Waals surface area contributed by atoms with Gasteiger partial charge in [-0.3, -0.25) is 0 Å². The average molecular weight is 296 g/mol. The highest BCUT2D eigenvalue weighted by molar-refractivity contribution is 6.32. The first-order chi connectivity index (χ1) is 10.9. The van der Waals surface area contributed by atoms with E-state index in [1.54, 1.807) is 0 Å². The van der Waals surface area contributed by atoms with Gasteiger partial charge in [0.05, 0.1) is 0 Å². The van der Waals surface area contributed by atoms with Crippen LogP contribution in [0.3, 0.4) is 0 Å². The lowest BCUT2D eigenvalue weighted by Crippen LogP contribution is -2.10. The molecule has 0 atom stereocenters. The average Bonchev–Trinajstić information content (AvgIpc) is 2.55. The molecule has 0 unspecified atom stereocenters. The lowest BCUT2D eigenvalue weighted by atomic mass is 9.86. The van der Waals surface area contributed by atoms with Crippen molar-refractivity contribution < 1.29 is 0 Å². The molecule has 0 saturated carbocycles. The molecule has 0 fully saturated rings. The van der Waals surface area contributed by atoms with E-state index in [0.717, 1.165) is 5.46 Å². The van der Waals surface area contributed by atoms with Crippen LogP contribution in [0.5, 0.6) is 0 Å². The van der Waals surface area contributed by atoms with Gasteiger partial charge in [-0.1, -0.05) is 99.0 Å². The van der Waals surface area contributed by atoms with Crippen LogP contribution in [0.25, 0.3) is 22.3 Å². The zero-order valence-electron chi connectivity index (χ0n) is 14.0. The topological polar surface area (TPSA) is 0 Å². The number of rotatable bonds is 2. The molecule has 0 bridgehead atoms. The van der Waals surface area contributed by atoms with Crippen LogP contribution in [-0.4, -0.2) is 7.85 Å². The normalized spacial score (nSPS) is 11.4. The van der Waals surface area contributed by atoms with Crippen molar-refractivity contribution in [2.75, 3.05) is 0 Å². The number of hydrogen-bond acceptors (Lipinski definition) is 0. The van der Waals surface area contributed by atoms with E-state index < -0.39 is 0 Å².